The highest BCUT2D eigenvalue weighted by Gasteiger charge is 2.13. The van der Waals surface area contributed by atoms with Crippen molar-refractivity contribution in [1.29, 1.82) is 0 Å². The lowest BCUT2D eigenvalue weighted by atomic mass is 10.2. The van der Waals surface area contributed by atoms with E-state index in [4.69, 9.17) is 0 Å². The van der Waals surface area contributed by atoms with Gasteiger partial charge in [0.15, 0.2) is 0 Å². The van der Waals surface area contributed by atoms with Gasteiger partial charge in [-0.15, -0.1) is 0 Å². The highest BCUT2D eigenvalue weighted by molar-refractivity contribution is 5.98. The van der Waals surface area contributed by atoms with Crippen LogP contribution in [0.15, 0.2) is 24.4 Å². The Kier molecular flexibility index (Phi) is 5.32. The molecule has 1 N–H and O–H groups in total. The number of carbonyl (C=O) groups excluding carboxylic acids is 2. The Balaban J connectivity index is 2.25. The van der Waals surface area contributed by atoms with E-state index in [1.807, 2.05) is 12.2 Å². The van der Waals surface area contributed by atoms with Gasteiger partial charge in [-0.2, -0.15) is 0 Å². The number of hydrogen-bond acceptors (Lipinski definition) is 2. The van der Waals surface area contributed by atoms with Gasteiger partial charge in [0.25, 0.3) is 0 Å². The van der Waals surface area contributed by atoms with Crippen molar-refractivity contribution < 1.29 is 9.59 Å². The number of amides is 3. The van der Waals surface area contributed by atoms with Crippen LogP contribution in [0, 0.1) is 13.3 Å². The van der Waals surface area contributed by atoms with Gasteiger partial charge in [0.1, 0.15) is 0 Å². The molecule has 0 saturated heterocycles. The summed E-state index contributed by atoms with van der Waals surface area (Å²) in [5.41, 5.74) is 0. The van der Waals surface area contributed by atoms with Crippen molar-refractivity contribution >= 4 is 11.9 Å². The summed E-state index contributed by atoms with van der Waals surface area (Å²) in [6.45, 7) is 4.17. The molecule has 86 valence electrons. The number of imide groups is 1. The van der Waals surface area contributed by atoms with Crippen molar-refractivity contribution in [2.24, 2.45) is 0 Å². The van der Waals surface area contributed by atoms with Gasteiger partial charge < -0.3 is 0 Å². The first kappa shape index (κ1) is 12.5. The molecule has 0 saturated carbocycles. The zero-order valence-electron chi connectivity index (χ0n) is 9.19. The Morgan fingerprint density at radius 3 is 2.88 bits per heavy atom. The topological polar surface area (TPSA) is 49.4 Å². The fraction of sp³-hybridized carbons (Fsp3) is 0.333. The zero-order chi connectivity index (χ0) is 11.8. The summed E-state index contributed by atoms with van der Waals surface area (Å²) in [5.74, 6) is -0.346. The summed E-state index contributed by atoms with van der Waals surface area (Å²) < 4.78 is 0. The van der Waals surface area contributed by atoms with Crippen LogP contribution in [0.2, 0.25) is 0 Å². The van der Waals surface area contributed by atoms with E-state index in [-0.39, 0.29) is 5.91 Å². The first-order valence-electron chi connectivity index (χ1n) is 5.31. The molecule has 1 rings (SSSR count). The SMILES string of the molecule is [CH2]CCC[CH]C(=O)NC(=O)N1C=CC=CC1. The van der Waals surface area contributed by atoms with E-state index in [1.165, 1.54) is 11.3 Å². The Morgan fingerprint density at radius 2 is 2.25 bits per heavy atom. The van der Waals surface area contributed by atoms with Gasteiger partial charge in [0, 0.05) is 12.7 Å². The lowest BCUT2D eigenvalue weighted by molar-refractivity contribution is -0.117. The molecule has 0 spiro atoms. The number of rotatable bonds is 4. The average molecular weight is 220 g/mol. The second-order valence-corrected chi connectivity index (χ2v) is 3.42. The van der Waals surface area contributed by atoms with Crippen molar-refractivity contribution in [3.63, 3.8) is 0 Å². The number of nitrogens with zero attached hydrogens (tertiary/aromatic N) is 1. The molecule has 0 fully saturated rings. The molecule has 1 aliphatic heterocycles. The molecule has 0 aromatic heterocycles. The van der Waals surface area contributed by atoms with E-state index in [1.54, 1.807) is 12.3 Å². The van der Waals surface area contributed by atoms with Crippen LogP contribution in [0.3, 0.4) is 0 Å². The molecule has 16 heavy (non-hydrogen) atoms. The van der Waals surface area contributed by atoms with Crippen LogP contribution in [0.4, 0.5) is 4.79 Å². The summed E-state index contributed by atoms with van der Waals surface area (Å²) in [4.78, 5) is 24.2. The highest BCUT2D eigenvalue weighted by Crippen LogP contribution is 2.00. The molecule has 0 unspecified atom stereocenters. The van der Waals surface area contributed by atoms with Crippen LogP contribution in [0.5, 0.6) is 0 Å². The molecule has 3 amide bonds. The van der Waals surface area contributed by atoms with Crippen LogP contribution in [-0.4, -0.2) is 23.4 Å². The summed E-state index contributed by atoms with van der Waals surface area (Å²) in [6, 6.07) is -0.392. The molecule has 0 aromatic carbocycles. The first-order chi connectivity index (χ1) is 7.74. The van der Waals surface area contributed by atoms with Gasteiger partial charge in [0.2, 0.25) is 5.91 Å². The third-order valence-corrected chi connectivity index (χ3v) is 2.09. The van der Waals surface area contributed by atoms with Crippen LogP contribution in [-0.2, 0) is 4.79 Å². The van der Waals surface area contributed by atoms with Crippen LogP contribution in [0.1, 0.15) is 19.3 Å². The lowest BCUT2D eigenvalue weighted by Gasteiger charge is -2.18. The summed E-state index contributed by atoms with van der Waals surface area (Å²) in [5, 5.41) is 2.30. The van der Waals surface area contributed by atoms with Crippen molar-refractivity contribution in [1.82, 2.24) is 10.2 Å². The molecule has 4 heteroatoms. The Morgan fingerprint density at radius 1 is 1.44 bits per heavy atom. The molecule has 1 aliphatic rings. The number of urea groups is 1. The van der Waals surface area contributed by atoms with E-state index in [9.17, 15) is 9.59 Å². The van der Waals surface area contributed by atoms with E-state index in [2.05, 4.69) is 12.2 Å². The molecule has 0 aromatic rings. The third kappa shape index (κ3) is 4.29. The normalized spacial score (nSPS) is 13.9. The highest BCUT2D eigenvalue weighted by atomic mass is 16.2. The van der Waals surface area contributed by atoms with Crippen molar-refractivity contribution in [2.45, 2.75) is 19.3 Å². The fourth-order valence-electron chi connectivity index (χ4n) is 1.22. The van der Waals surface area contributed by atoms with Gasteiger partial charge in [-0.25, -0.2) is 4.79 Å². The third-order valence-electron chi connectivity index (χ3n) is 2.09. The Hall–Kier alpha value is -1.58. The molecular formula is C12H16N2O2. The molecule has 0 aliphatic carbocycles. The monoisotopic (exact) mass is 220 g/mol. The number of carbonyl (C=O) groups is 2. The minimum Gasteiger partial charge on any atom is -0.297 e. The second-order valence-electron chi connectivity index (χ2n) is 3.42. The predicted octanol–water partition coefficient (Wildman–Crippen LogP) is 1.82. The predicted molar refractivity (Wildman–Crippen MR) is 62.0 cm³/mol. The number of allylic oxidation sites excluding steroid dienone is 2. The number of unbranched alkanes of at least 4 members (excludes halogenated alkanes) is 2. The maximum absolute atomic E-state index is 11.5. The molecule has 1 heterocycles. The van der Waals surface area contributed by atoms with E-state index in [0.29, 0.717) is 13.0 Å². The standard InChI is InChI=1S/C12H16N2O2/c1-2-3-5-8-11(15)13-12(16)14-9-6-4-7-10-14/h4,6-9H,1-3,5,10H2,(H,13,15,16). The summed E-state index contributed by atoms with van der Waals surface area (Å²) >= 11 is 0. The van der Waals surface area contributed by atoms with Gasteiger partial charge in [-0.05, 0) is 12.5 Å². The molecular weight excluding hydrogens is 204 g/mol. The molecule has 2 radical (unpaired) electrons. The van der Waals surface area contributed by atoms with Crippen molar-refractivity contribution in [2.75, 3.05) is 6.54 Å². The Labute approximate surface area is 96.0 Å². The van der Waals surface area contributed by atoms with E-state index >= 15 is 0 Å². The minimum absolute atomic E-state index is 0.346. The lowest BCUT2D eigenvalue weighted by Crippen LogP contribution is -2.40. The average Bonchev–Trinajstić information content (AvgIpc) is 2.30. The minimum atomic E-state index is -0.392. The van der Waals surface area contributed by atoms with Gasteiger partial charge in [0.05, 0.1) is 6.42 Å². The molecule has 4 nitrogen and oxygen atoms in total. The van der Waals surface area contributed by atoms with Crippen LogP contribution < -0.4 is 5.32 Å². The maximum Gasteiger partial charge on any atom is 0.328 e. The van der Waals surface area contributed by atoms with Gasteiger partial charge in [-0.3, -0.25) is 15.0 Å². The number of hydrogen-bond donors (Lipinski definition) is 1. The zero-order valence-corrected chi connectivity index (χ0v) is 9.19. The quantitative estimate of drug-likeness (QED) is 0.735. The first-order valence-corrected chi connectivity index (χ1v) is 5.31. The smallest absolute Gasteiger partial charge is 0.297 e. The van der Waals surface area contributed by atoms with E-state index in [0.717, 1.165) is 12.8 Å². The van der Waals surface area contributed by atoms with Gasteiger partial charge >= 0.3 is 6.03 Å². The molecule has 0 atom stereocenters. The number of nitrogens with one attached hydrogen (secondary N) is 1. The summed E-state index contributed by atoms with van der Waals surface area (Å²) in [6.07, 6.45) is 10.9. The maximum atomic E-state index is 11.5. The summed E-state index contributed by atoms with van der Waals surface area (Å²) in [7, 11) is 0. The Bertz CT molecular complexity index is 308. The van der Waals surface area contributed by atoms with Crippen LogP contribution >= 0.6 is 0 Å². The van der Waals surface area contributed by atoms with Crippen molar-refractivity contribution in [3.8, 4) is 0 Å². The fourth-order valence-corrected chi connectivity index (χ4v) is 1.22. The van der Waals surface area contributed by atoms with Crippen LogP contribution in [0.25, 0.3) is 0 Å². The molecule has 0 bridgehead atoms. The second kappa shape index (κ2) is 6.82. The van der Waals surface area contributed by atoms with Crippen molar-refractivity contribution in [3.05, 3.63) is 37.8 Å². The van der Waals surface area contributed by atoms with Gasteiger partial charge in [-0.1, -0.05) is 31.9 Å². The largest absolute Gasteiger partial charge is 0.328 e. The van der Waals surface area contributed by atoms with E-state index < -0.39 is 6.03 Å².